The molecule has 0 bridgehead atoms. The maximum Gasteiger partial charge on any atom is 0.254 e. The van der Waals surface area contributed by atoms with E-state index < -0.39 is 0 Å². The van der Waals surface area contributed by atoms with Gasteiger partial charge >= 0.3 is 0 Å². The molecule has 23 heavy (non-hydrogen) atoms. The van der Waals surface area contributed by atoms with Gasteiger partial charge in [-0.2, -0.15) is 10.5 Å². The van der Waals surface area contributed by atoms with Crippen LogP contribution in [0.25, 0.3) is 0 Å². The first-order valence-corrected chi connectivity index (χ1v) is 6.99. The Hall–Kier alpha value is -3.31. The van der Waals surface area contributed by atoms with Gasteiger partial charge in [0.25, 0.3) is 5.91 Å². The lowest BCUT2D eigenvalue weighted by molar-refractivity contribution is 0.0811. The van der Waals surface area contributed by atoms with Crippen molar-refractivity contribution in [2.24, 2.45) is 0 Å². The summed E-state index contributed by atoms with van der Waals surface area (Å²) in [7, 11) is 1.57. The highest BCUT2D eigenvalue weighted by molar-refractivity contribution is 5.94. The summed E-state index contributed by atoms with van der Waals surface area (Å²) in [6.45, 7) is 0.273. The Labute approximate surface area is 134 Å². The number of benzene rings is 2. The molecule has 0 unspecified atom stereocenters. The number of carbonyl (C=O) groups is 1. The lowest BCUT2D eigenvalue weighted by atomic mass is 10.1. The molecular formula is C18H15N3O2. The molecule has 5 heteroatoms. The minimum Gasteiger partial charge on any atom is -0.489 e. The molecule has 0 N–H and O–H groups in total. The van der Waals surface area contributed by atoms with Gasteiger partial charge in [0.15, 0.2) is 0 Å². The summed E-state index contributed by atoms with van der Waals surface area (Å²) in [6, 6.07) is 18.0. The first kappa shape index (κ1) is 16.1. The van der Waals surface area contributed by atoms with Crippen molar-refractivity contribution < 1.29 is 9.53 Å². The summed E-state index contributed by atoms with van der Waals surface area (Å²) in [6.07, 6.45) is 0. The molecule has 0 heterocycles. The molecule has 2 aromatic carbocycles. The molecule has 0 aliphatic rings. The number of rotatable bonds is 5. The quantitative estimate of drug-likeness (QED) is 0.796. The molecule has 0 radical (unpaired) electrons. The van der Waals surface area contributed by atoms with Crippen molar-refractivity contribution in [1.82, 2.24) is 4.90 Å². The van der Waals surface area contributed by atoms with E-state index in [0.29, 0.717) is 16.9 Å². The van der Waals surface area contributed by atoms with E-state index in [-0.39, 0.29) is 19.1 Å². The zero-order valence-electron chi connectivity index (χ0n) is 12.7. The van der Waals surface area contributed by atoms with E-state index in [4.69, 9.17) is 15.3 Å². The van der Waals surface area contributed by atoms with Gasteiger partial charge in [0.2, 0.25) is 0 Å². The number of nitrogens with zero attached hydrogens (tertiary/aromatic N) is 3. The number of nitriles is 2. The molecule has 1 amide bonds. The standard InChI is InChI=1S/C18H15N3O2/c1-21(10-9-19)18(22)14-7-4-8-17(11-14)23-13-16-6-3-2-5-15(16)12-20/h2-8,11H,10,13H2,1H3. The van der Waals surface area contributed by atoms with E-state index in [2.05, 4.69) is 6.07 Å². The molecule has 0 spiro atoms. The lowest BCUT2D eigenvalue weighted by Gasteiger charge is -2.14. The van der Waals surface area contributed by atoms with Crippen molar-refractivity contribution in [2.45, 2.75) is 6.61 Å². The van der Waals surface area contributed by atoms with Gasteiger partial charge in [-0.1, -0.05) is 24.3 Å². The average molecular weight is 305 g/mol. The molecule has 0 saturated carbocycles. The van der Waals surface area contributed by atoms with Crippen molar-refractivity contribution in [3.05, 3.63) is 65.2 Å². The van der Waals surface area contributed by atoms with Gasteiger partial charge in [0.05, 0.1) is 17.7 Å². The molecule has 0 saturated heterocycles. The maximum atomic E-state index is 12.1. The third kappa shape index (κ3) is 4.09. The van der Waals surface area contributed by atoms with Crippen LogP contribution < -0.4 is 4.74 Å². The van der Waals surface area contributed by atoms with E-state index >= 15 is 0 Å². The van der Waals surface area contributed by atoms with Gasteiger partial charge in [0, 0.05) is 18.2 Å². The van der Waals surface area contributed by atoms with Crippen LogP contribution in [0.1, 0.15) is 21.5 Å². The molecular weight excluding hydrogens is 290 g/mol. The van der Waals surface area contributed by atoms with Crippen molar-refractivity contribution in [3.8, 4) is 17.9 Å². The Balaban J connectivity index is 2.10. The van der Waals surface area contributed by atoms with Crippen molar-refractivity contribution in [3.63, 3.8) is 0 Å². The van der Waals surface area contributed by atoms with Crippen LogP contribution in [0.5, 0.6) is 5.75 Å². The van der Waals surface area contributed by atoms with Crippen molar-refractivity contribution in [1.29, 1.82) is 10.5 Å². The molecule has 0 atom stereocenters. The Morgan fingerprint density at radius 2 is 1.96 bits per heavy atom. The number of ether oxygens (including phenoxy) is 1. The van der Waals surface area contributed by atoms with Gasteiger partial charge in [-0.25, -0.2) is 0 Å². The van der Waals surface area contributed by atoms with E-state index in [9.17, 15) is 4.79 Å². The van der Waals surface area contributed by atoms with E-state index in [1.807, 2.05) is 18.2 Å². The second-order valence-corrected chi connectivity index (χ2v) is 4.90. The highest BCUT2D eigenvalue weighted by atomic mass is 16.5. The van der Waals surface area contributed by atoms with Gasteiger partial charge < -0.3 is 9.64 Å². The van der Waals surface area contributed by atoms with Crippen LogP contribution >= 0.6 is 0 Å². The minimum atomic E-state index is -0.241. The van der Waals surface area contributed by atoms with E-state index in [1.54, 1.807) is 43.4 Å². The first-order chi connectivity index (χ1) is 11.2. The maximum absolute atomic E-state index is 12.1. The predicted octanol–water partition coefficient (Wildman–Crippen LogP) is 2.73. The number of amides is 1. The fourth-order valence-corrected chi connectivity index (χ4v) is 2.03. The predicted molar refractivity (Wildman–Crippen MR) is 84.5 cm³/mol. The number of carbonyl (C=O) groups excluding carboxylic acids is 1. The zero-order chi connectivity index (χ0) is 16.7. The van der Waals surface area contributed by atoms with E-state index in [1.165, 1.54) is 4.90 Å². The summed E-state index contributed by atoms with van der Waals surface area (Å²) >= 11 is 0. The van der Waals surface area contributed by atoms with Gasteiger partial charge in [-0.05, 0) is 24.3 Å². The zero-order valence-corrected chi connectivity index (χ0v) is 12.7. The van der Waals surface area contributed by atoms with Crippen molar-refractivity contribution >= 4 is 5.91 Å². The first-order valence-electron chi connectivity index (χ1n) is 6.99. The van der Waals surface area contributed by atoms with Gasteiger partial charge in [-0.3, -0.25) is 4.79 Å². The van der Waals surface area contributed by atoms with E-state index in [0.717, 1.165) is 5.56 Å². The molecule has 0 aromatic heterocycles. The Kier molecular flexibility index (Phi) is 5.33. The third-order valence-electron chi connectivity index (χ3n) is 3.27. The molecule has 2 aromatic rings. The van der Waals surface area contributed by atoms with Crippen LogP contribution in [0.2, 0.25) is 0 Å². The van der Waals surface area contributed by atoms with Crippen LogP contribution in [0.15, 0.2) is 48.5 Å². The molecule has 2 rings (SSSR count). The second kappa shape index (κ2) is 7.63. The Morgan fingerprint density at radius 1 is 1.17 bits per heavy atom. The normalized spacial score (nSPS) is 9.52. The fourth-order valence-electron chi connectivity index (χ4n) is 2.03. The molecule has 0 aliphatic heterocycles. The van der Waals surface area contributed by atoms with Crippen LogP contribution in [0.3, 0.4) is 0 Å². The number of hydrogen-bond acceptors (Lipinski definition) is 4. The van der Waals surface area contributed by atoms with Crippen molar-refractivity contribution in [2.75, 3.05) is 13.6 Å². The Bertz CT molecular complexity index is 787. The average Bonchev–Trinajstić information content (AvgIpc) is 2.60. The third-order valence-corrected chi connectivity index (χ3v) is 3.27. The monoisotopic (exact) mass is 305 g/mol. The Morgan fingerprint density at radius 3 is 2.70 bits per heavy atom. The van der Waals surface area contributed by atoms with Crippen LogP contribution in [-0.4, -0.2) is 24.4 Å². The minimum absolute atomic E-state index is 0.0272. The van der Waals surface area contributed by atoms with Crippen LogP contribution in [-0.2, 0) is 6.61 Å². The largest absolute Gasteiger partial charge is 0.489 e. The van der Waals surface area contributed by atoms with Crippen LogP contribution in [0, 0.1) is 22.7 Å². The smallest absolute Gasteiger partial charge is 0.254 e. The summed E-state index contributed by atoms with van der Waals surface area (Å²) in [5.74, 6) is 0.295. The summed E-state index contributed by atoms with van der Waals surface area (Å²) in [5, 5.41) is 17.7. The highest BCUT2D eigenvalue weighted by Gasteiger charge is 2.12. The van der Waals surface area contributed by atoms with Crippen LogP contribution in [0.4, 0.5) is 0 Å². The fraction of sp³-hybridized carbons (Fsp3) is 0.167. The van der Waals surface area contributed by atoms with Gasteiger partial charge in [-0.15, -0.1) is 0 Å². The molecule has 0 aliphatic carbocycles. The summed E-state index contributed by atoms with van der Waals surface area (Å²) in [4.78, 5) is 13.5. The lowest BCUT2D eigenvalue weighted by Crippen LogP contribution is -2.26. The molecule has 114 valence electrons. The topological polar surface area (TPSA) is 77.1 Å². The highest BCUT2D eigenvalue weighted by Crippen LogP contribution is 2.17. The second-order valence-electron chi connectivity index (χ2n) is 4.90. The summed E-state index contributed by atoms with van der Waals surface area (Å²) < 4.78 is 5.68. The number of hydrogen-bond donors (Lipinski definition) is 0. The van der Waals surface area contributed by atoms with Gasteiger partial charge in [0.1, 0.15) is 18.9 Å². The molecule has 0 fully saturated rings. The SMILES string of the molecule is CN(CC#N)C(=O)c1cccc(OCc2ccccc2C#N)c1. The summed E-state index contributed by atoms with van der Waals surface area (Å²) in [5.41, 5.74) is 1.80. The molecule has 5 nitrogen and oxygen atoms in total.